The molecule has 0 unspecified atom stereocenters. The highest BCUT2D eigenvalue weighted by atomic mass is 16.3. The molecule has 0 radical (unpaired) electrons. The Kier molecular flexibility index (Phi) is 4.53. The maximum Gasteiger partial charge on any atom is 0.331 e. The van der Waals surface area contributed by atoms with Crippen molar-refractivity contribution in [1.82, 2.24) is 9.13 Å². The van der Waals surface area contributed by atoms with E-state index in [0.717, 1.165) is 17.5 Å². The number of rotatable bonds is 5. The number of benzene rings is 1. The van der Waals surface area contributed by atoms with Crippen LogP contribution in [0, 0.1) is 0 Å². The molecule has 1 aromatic heterocycles. The Balaban J connectivity index is 2.34. The maximum atomic E-state index is 12.2. The molecular weight excluding hydrogens is 256 g/mol. The predicted octanol–water partition coefficient (Wildman–Crippen LogP) is 0.961. The first kappa shape index (κ1) is 14.3. The van der Waals surface area contributed by atoms with Crippen molar-refractivity contribution in [3.8, 4) is 0 Å². The fourth-order valence-electron chi connectivity index (χ4n) is 2.05. The highest BCUT2D eigenvalue weighted by Gasteiger charge is 2.05. The van der Waals surface area contributed by atoms with Crippen LogP contribution in [0.15, 0.2) is 46.1 Å². The molecule has 0 aliphatic heterocycles. The highest BCUT2D eigenvalue weighted by molar-refractivity contribution is 5.22. The van der Waals surface area contributed by atoms with Gasteiger partial charge in [0.05, 0.1) is 13.2 Å². The van der Waals surface area contributed by atoms with Gasteiger partial charge < -0.3 is 9.67 Å². The summed E-state index contributed by atoms with van der Waals surface area (Å²) in [7, 11) is 0. The molecule has 0 aliphatic rings. The summed E-state index contributed by atoms with van der Waals surface area (Å²) in [5.41, 5.74) is 1.08. The second kappa shape index (κ2) is 6.34. The fourth-order valence-corrected chi connectivity index (χ4v) is 2.05. The Morgan fingerprint density at radius 1 is 1.05 bits per heavy atom. The van der Waals surface area contributed by atoms with Crippen LogP contribution in [0.1, 0.15) is 24.5 Å². The lowest BCUT2D eigenvalue weighted by Gasteiger charge is -2.09. The first-order chi connectivity index (χ1) is 9.65. The molecule has 1 N–H and O–H groups in total. The summed E-state index contributed by atoms with van der Waals surface area (Å²) in [4.78, 5) is 24.0. The van der Waals surface area contributed by atoms with Crippen LogP contribution in [0.5, 0.6) is 0 Å². The first-order valence-corrected chi connectivity index (χ1v) is 6.64. The van der Waals surface area contributed by atoms with Crippen LogP contribution in [-0.4, -0.2) is 14.2 Å². The van der Waals surface area contributed by atoms with Crippen LogP contribution >= 0.6 is 0 Å². The number of aryl methyl sites for hydroxylation is 1. The SMILES string of the molecule is CCCn1ccc(=O)n(Cc2ccc(CO)cc2)c1=O. The second-order valence-electron chi connectivity index (χ2n) is 4.69. The van der Waals surface area contributed by atoms with E-state index in [0.29, 0.717) is 6.54 Å². The third kappa shape index (κ3) is 3.05. The van der Waals surface area contributed by atoms with Gasteiger partial charge in [0.1, 0.15) is 0 Å². The predicted molar refractivity (Wildman–Crippen MR) is 76.7 cm³/mol. The van der Waals surface area contributed by atoms with E-state index < -0.39 is 0 Å². The van der Waals surface area contributed by atoms with Crippen molar-refractivity contribution in [3.63, 3.8) is 0 Å². The second-order valence-corrected chi connectivity index (χ2v) is 4.69. The molecule has 20 heavy (non-hydrogen) atoms. The van der Waals surface area contributed by atoms with E-state index in [-0.39, 0.29) is 24.4 Å². The van der Waals surface area contributed by atoms with Gasteiger partial charge in [-0.1, -0.05) is 31.2 Å². The zero-order chi connectivity index (χ0) is 14.5. The number of aromatic nitrogens is 2. The molecule has 0 bridgehead atoms. The first-order valence-electron chi connectivity index (χ1n) is 6.64. The monoisotopic (exact) mass is 274 g/mol. The molecule has 0 fully saturated rings. The van der Waals surface area contributed by atoms with E-state index in [1.165, 1.54) is 10.6 Å². The summed E-state index contributed by atoms with van der Waals surface area (Å²) in [5.74, 6) is 0. The minimum atomic E-state index is -0.298. The van der Waals surface area contributed by atoms with Crippen molar-refractivity contribution in [3.05, 3.63) is 68.5 Å². The Labute approximate surface area is 116 Å². The summed E-state index contributed by atoms with van der Waals surface area (Å²) in [6, 6.07) is 8.62. The van der Waals surface area contributed by atoms with E-state index in [1.807, 2.05) is 19.1 Å². The number of hydrogen-bond acceptors (Lipinski definition) is 3. The molecule has 1 aromatic carbocycles. The number of aliphatic hydroxyl groups excluding tert-OH is 1. The van der Waals surface area contributed by atoms with Crippen molar-refractivity contribution in [2.45, 2.75) is 33.0 Å². The van der Waals surface area contributed by atoms with Crippen molar-refractivity contribution in [2.75, 3.05) is 0 Å². The lowest BCUT2D eigenvalue weighted by Crippen LogP contribution is -2.39. The van der Waals surface area contributed by atoms with Crippen LogP contribution in [0.2, 0.25) is 0 Å². The van der Waals surface area contributed by atoms with Crippen molar-refractivity contribution < 1.29 is 5.11 Å². The number of nitrogens with zero attached hydrogens (tertiary/aromatic N) is 2. The summed E-state index contributed by atoms with van der Waals surface area (Å²) >= 11 is 0. The molecule has 2 rings (SSSR count). The summed E-state index contributed by atoms with van der Waals surface area (Å²) in [6.45, 7) is 2.81. The topological polar surface area (TPSA) is 64.2 Å². The molecule has 0 spiro atoms. The Bertz CT molecular complexity index is 684. The van der Waals surface area contributed by atoms with E-state index in [9.17, 15) is 9.59 Å². The summed E-state index contributed by atoms with van der Waals surface area (Å²) in [5, 5.41) is 8.99. The smallest absolute Gasteiger partial charge is 0.331 e. The summed E-state index contributed by atoms with van der Waals surface area (Å²) in [6.07, 6.45) is 2.38. The van der Waals surface area contributed by atoms with Crippen LogP contribution in [0.3, 0.4) is 0 Å². The average molecular weight is 274 g/mol. The number of aliphatic hydroxyl groups is 1. The standard InChI is InChI=1S/C15H18N2O3/c1-2-8-16-9-7-14(19)17(15(16)20)10-12-3-5-13(11-18)6-4-12/h3-7,9,18H,2,8,10-11H2,1H3. The molecule has 2 aromatic rings. The van der Waals surface area contributed by atoms with Crippen LogP contribution in [-0.2, 0) is 19.7 Å². The molecule has 0 saturated carbocycles. The maximum absolute atomic E-state index is 12.2. The zero-order valence-electron chi connectivity index (χ0n) is 11.5. The minimum Gasteiger partial charge on any atom is -0.392 e. The van der Waals surface area contributed by atoms with E-state index in [2.05, 4.69) is 0 Å². The Hall–Kier alpha value is -2.14. The van der Waals surface area contributed by atoms with Gasteiger partial charge in [0.25, 0.3) is 5.56 Å². The molecule has 0 amide bonds. The lowest BCUT2D eigenvalue weighted by molar-refractivity contribution is 0.282. The molecule has 106 valence electrons. The van der Waals surface area contributed by atoms with Gasteiger partial charge in [0.2, 0.25) is 0 Å². The lowest BCUT2D eigenvalue weighted by atomic mass is 10.1. The molecule has 0 aliphatic carbocycles. The molecule has 0 saturated heterocycles. The van der Waals surface area contributed by atoms with Crippen LogP contribution in [0.4, 0.5) is 0 Å². The van der Waals surface area contributed by atoms with Gasteiger partial charge in [0.15, 0.2) is 0 Å². The van der Waals surface area contributed by atoms with Crippen molar-refractivity contribution in [2.24, 2.45) is 0 Å². The Morgan fingerprint density at radius 3 is 2.30 bits per heavy atom. The average Bonchev–Trinajstić information content (AvgIpc) is 2.47. The van der Waals surface area contributed by atoms with Gasteiger partial charge in [-0.3, -0.25) is 9.36 Å². The molecule has 5 heteroatoms. The molecule has 0 atom stereocenters. The van der Waals surface area contributed by atoms with Gasteiger partial charge >= 0.3 is 5.69 Å². The van der Waals surface area contributed by atoms with Crippen LogP contribution < -0.4 is 11.2 Å². The van der Waals surface area contributed by atoms with Crippen molar-refractivity contribution in [1.29, 1.82) is 0 Å². The van der Waals surface area contributed by atoms with Gasteiger partial charge in [-0.05, 0) is 17.5 Å². The molecule has 1 heterocycles. The third-order valence-electron chi connectivity index (χ3n) is 3.15. The minimum absolute atomic E-state index is 0.0190. The van der Waals surface area contributed by atoms with E-state index in [4.69, 9.17) is 5.11 Å². The van der Waals surface area contributed by atoms with Crippen molar-refractivity contribution >= 4 is 0 Å². The van der Waals surface area contributed by atoms with Gasteiger partial charge in [0, 0.05) is 18.8 Å². The quantitative estimate of drug-likeness (QED) is 0.883. The van der Waals surface area contributed by atoms with Crippen LogP contribution in [0.25, 0.3) is 0 Å². The van der Waals surface area contributed by atoms with Gasteiger partial charge in [-0.15, -0.1) is 0 Å². The van der Waals surface area contributed by atoms with E-state index in [1.54, 1.807) is 22.9 Å². The van der Waals surface area contributed by atoms with E-state index >= 15 is 0 Å². The fraction of sp³-hybridized carbons (Fsp3) is 0.333. The van der Waals surface area contributed by atoms with Gasteiger partial charge in [-0.25, -0.2) is 4.79 Å². The largest absolute Gasteiger partial charge is 0.392 e. The summed E-state index contributed by atoms with van der Waals surface area (Å²) < 4.78 is 2.77. The third-order valence-corrected chi connectivity index (χ3v) is 3.15. The normalized spacial score (nSPS) is 10.7. The van der Waals surface area contributed by atoms with Gasteiger partial charge in [-0.2, -0.15) is 0 Å². The Morgan fingerprint density at radius 2 is 1.70 bits per heavy atom. The highest BCUT2D eigenvalue weighted by Crippen LogP contribution is 2.04. The molecule has 5 nitrogen and oxygen atoms in total. The number of hydrogen-bond donors (Lipinski definition) is 1. The zero-order valence-corrected chi connectivity index (χ0v) is 11.5. The molecular formula is C15H18N2O3.